The number of carboxylic acids is 1. The molecular formula is C20H15ClFNO4. The Labute approximate surface area is 159 Å². The van der Waals surface area contributed by atoms with Gasteiger partial charge in [0.05, 0.1) is 16.3 Å². The lowest BCUT2D eigenvalue weighted by molar-refractivity contribution is -0.137. The zero-order chi connectivity index (χ0) is 19.7. The minimum atomic E-state index is -0.885. The van der Waals surface area contributed by atoms with E-state index in [9.17, 15) is 18.8 Å². The number of amides is 2. The number of carbonyl (C=O) groups is 3. The van der Waals surface area contributed by atoms with Crippen molar-refractivity contribution in [2.75, 3.05) is 4.90 Å². The van der Waals surface area contributed by atoms with Crippen LogP contribution in [0.3, 0.4) is 0 Å². The van der Waals surface area contributed by atoms with Gasteiger partial charge < -0.3 is 5.11 Å². The largest absolute Gasteiger partial charge is 0.481 e. The number of aryl methyl sites for hydroxylation is 1. The van der Waals surface area contributed by atoms with Crippen molar-refractivity contribution in [3.05, 3.63) is 65.0 Å². The first-order chi connectivity index (χ1) is 12.8. The Kier molecular flexibility index (Phi) is 5.10. The standard InChI is InChI=1S/C20H15ClFNO4/c1-11(24)23-16-10-14(22)7-8-15(16)18(20(23)27)19(21)13-5-2-12(3-6-13)4-9-17(25)26/h2-3,5-8,10H,4,9H2,1H3,(H,25,26)/b19-18+. The molecule has 2 amide bonds. The fraction of sp³-hybridized carbons (Fsp3) is 0.150. The monoisotopic (exact) mass is 387 g/mol. The van der Waals surface area contributed by atoms with Crippen molar-refractivity contribution in [2.45, 2.75) is 19.8 Å². The number of rotatable bonds is 4. The maximum atomic E-state index is 13.6. The highest BCUT2D eigenvalue weighted by Gasteiger charge is 2.37. The van der Waals surface area contributed by atoms with Gasteiger partial charge in [-0.25, -0.2) is 9.29 Å². The van der Waals surface area contributed by atoms with Crippen LogP contribution in [0.4, 0.5) is 10.1 Å². The Morgan fingerprint density at radius 2 is 1.81 bits per heavy atom. The minimum Gasteiger partial charge on any atom is -0.481 e. The van der Waals surface area contributed by atoms with Crippen LogP contribution >= 0.6 is 11.6 Å². The molecule has 0 radical (unpaired) electrons. The molecule has 7 heteroatoms. The number of anilines is 1. The highest BCUT2D eigenvalue weighted by molar-refractivity contribution is 6.60. The molecule has 3 rings (SSSR count). The molecule has 0 atom stereocenters. The quantitative estimate of drug-likeness (QED) is 0.809. The summed E-state index contributed by atoms with van der Waals surface area (Å²) in [5.74, 6) is -2.59. The van der Waals surface area contributed by atoms with Gasteiger partial charge in [-0.05, 0) is 35.7 Å². The third-order valence-corrected chi connectivity index (χ3v) is 4.66. The Balaban J connectivity index is 2.03. The van der Waals surface area contributed by atoms with Crippen LogP contribution in [0.15, 0.2) is 42.5 Å². The summed E-state index contributed by atoms with van der Waals surface area (Å²) in [5.41, 5.74) is 2.04. The molecule has 1 aliphatic rings. The summed E-state index contributed by atoms with van der Waals surface area (Å²) < 4.78 is 13.6. The fourth-order valence-corrected chi connectivity index (χ4v) is 3.28. The van der Waals surface area contributed by atoms with E-state index in [0.717, 1.165) is 16.5 Å². The van der Waals surface area contributed by atoms with Crippen molar-refractivity contribution in [3.8, 4) is 0 Å². The number of benzene rings is 2. The highest BCUT2D eigenvalue weighted by Crippen LogP contribution is 2.42. The molecule has 0 fully saturated rings. The van der Waals surface area contributed by atoms with E-state index in [1.54, 1.807) is 24.3 Å². The van der Waals surface area contributed by atoms with E-state index in [1.807, 2.05) is 0 Å². The second-order valence-corrected chi connectivity index (χ2v) is 6.48. The number of hydrogen-bond acceptors (Lipinski definition) is 3. The molecule has 27 heavy (non-hydrogen) atoms. The summed E-state index contributed by atoms with van der Waals surface area (Å²) in [4.78, 5) is 36.2. The number of aliphatic carboxylic acids is 1. The zero-order valence-corrected chi connectivity index (χ0v) is 15.1. The molecular weight excluding hydrogens is 373 g/mol. The van der Waals surface area contributed by atoms with Crippen LogP contribution < -0.4 is 4.90 Å². The number of nitrogens with zero attached hydrogens (tertiary/aromatic N) is 1. The third kappa shape index (κ3) is 3.61. The molecule has 5 nitrogen and oxygen atoms in total. The van der Waals surface area contributed by atoms with E-state index < -0.39 is 23.6 Å². The molecule has 1 N–H and O–H groups in total. The molecule has 0 unspecified atom stereocenters. The fourth-order valence-electron chi connectivity index (χ4n) is 2.98. The average molecular weight is 388 g/mol. The van der Waals surface area contributed by atoms with Gasteiger partial charge in [-0.2, -0.15) is 0 Å². The first-order valence-electron chi connectivity index (χ1n) is 8.15. The van der Waals surface area contributed by atoms with E-state index in [4.69, 9.17) is 16.7 Å². The molecule has 0 aromatic heterocycles. The number of halogens is 2. The smallest absolute Gasteiger partial charge is 0.303 e. The number of hydrogen-bond donors (Lipinski definition) is 1. The SMILES string of the molecule is CC(=O)N1C(=O)/C(=C(/Cl)c2ccc(CCC(=O)O)cc2)c2ccc(F)cc21. The second kappa shape index (κ2) is 7.32. The van der Waals surface area contributed by atoms with Gasteiger partial charge in [0.2, 0.25) is 5.91 Å². The summed E-state index contributed by atoms with van der Waals surface area (Å²) >= 11 is 6.46. The van der Waals surface area contributed by atoms with Crippen molar-refractivity contribution < 1.29 is 23.9 Å². The molecule has 0 bridgehead atoms. The zero-order valence-electron chi connectivity index (χ0n) is 14.3. The van der Waals surface area contributed by atoms with Crippen molar-refractivity contribution in [1.82, 2.24) is 0 Å². The summed E-state index contributed by atoms with van der Waals surface area (Å²) in [6.45, 7) is 1.22. The van der Waals surface area contributed by atoms with Gasteiger partial charge in [0.15, 0.2) is 0 Å². The van der Waals surface area contributed by atoms with E-state index in [1.165, 1.54) is 19.1 Å². The molecule has 2 aromatic carbocycles. The Hall–Kier alpha value is -2.99. The van der Waals surface area contributed by atoms with Crippen LogP contribution in [0.2, 0.25) is 0 Å². The Morgan fingerprint density at radius 1 is 1.15 bits per heavy atom. The van der Waals surface area contributed by atoms with E-state index in [-0.39, 0.29) is 22.7 Å². The molecule has 0 saturated carbocycles. The molecule has 138 valence electrons. The first-order valence-corrected chi connectivity index (χ1v) is 8.53. The number of fused-ring (bicyclic) bond motifs is 1. The van der Waals surface area contributed by atoms with Crippen molar-refractivity contribution in [2.24, 2.45) is 0 Å². The van der Waals surface area contributed by atoms with Gasteiger partial charge in [-0.3, -0.25) is 14.4 Å². The minimum absolute atomic E-state index is 0.0131. The number of carboxylic acid groups (broad SMARTS) is 1. The number of carbonyl (C=O) groups excluding carboxylic acids is 2. The molecule has 1 heterocycles. The number of imide groups is 1. The Morgan fingerprint density at radius 3 is 2.41 bits per heavy atom. The van der Waals surface area contributed by atoms with Gasteiger partial charge in [0, 0.05) is 18.9 Å². The average Bonchev–Trinajstić information content (AvgIpc) is 2.90. The van der Waals surface area contributed by atoms with Gasteiger partial charge in [0.1, 0.15) is 5.82 Å². The van der Waals surface area contributed by atoms with Crippen molar-refractivity contribution in [1.29, 1.82) is 0 Å². The van der Waals surface area contributed by atoms with Crippen LogP contribution in [0.25, 0.3) is 10.6 Å². The molecule has 2 aromatic rings. The van der Waals surface area contributed by atoms with Gasteiger partial charge in [-0.1, -0.05) is 35.9 Å². The van der Waals surface area contributed by atoms with Crippen LogP contribution in [-0.4, -0.2) is 22.9 Å². The van der Waals surface area contributed by atoms with E-state index in [0.29, 0.717) is 17.5 Å². The van der Waals surface area contributed by atoms with E-state index in [2.05, 4.69) is 0 Å². The lowest BCUT2D eigenvalue weighted by atomic mass is 10.0. The summed E-state index contributed by atoms with van der Waals surface area (Å²) in [5, 5.41) is 8.89. The maximum absolute atomic E-state index is 13.6. The second-order valence-electron chi connectivity index (χ2n) is 6.10. The molecule has 0 aliphatic carbocycles. The molecule has 0 spiro atoms. The lowest BCUT2D eigenvalue weighted by Gasteiger charge is -2.12. The predicted octanol–water partition coefficient (Wildman–Crippen LogP) is 3.84. The van der Waals surface area contributed by atoms with E-state index >= 15 is 0 Å². The topological polar surface area (TPSA) is 74.7 Å². The summed E-state index contributed by atoms with van der Waals surface area (Å²) in [6.07, 6.45) is 0.391. The van der Waals surface area contributed by atoms with Gasteiger partial charge in [0.25, 0.3) is 5.91 Å². The lowest BCUT2D eigenvalue weighted by Crippen LogP contribution is -2.31. The van der Waals surface area contributed by atoms with Crippen LogP contribution in [0.1, 0.15) is 30.0 Å². The maximum Gasteiger partial charge on any atom is 0.303 e. The Bertz CT molecular complexity index is 982. The summed E-state index contributed by atoms with van der Waals surface area (Å²) in [7, 11) is 0. The van der Waals surface area contributed by atoms with Crippen LogP contribution in [0, 0.1) is 5.82 Å². The predicted molar refractivity (Wildman–Crippen MR) is 99.6 cm³/mol. The van der Waals surface area contributed by atoms with Crippen LogP contribution in [0.5, 0.6) is 0 Å². The normalized spacial score (nSPS) is 14.9. The van der Waals surface area contributed by atoms with Gasteiger partial charge >= 0.3 is 5.97 Å². The van der Waals surface area contributed by atoms with Crippen molar-refractivity contribution in [3.63, 3.8) is 0 Å². The van der Waals surface area contributed by atoms with Gasteiger partial charge in [-0.15, -0.1) is 0 Å². The summed E-state index contributed by atoms with van der Waals surface area (Å²) in [6, 6.07) is 10.6. The highest BCUT2D eigenvalue weighted by atomic mass is 35.5. The van der Waals surface area contributed by atoms with Crippen molar-refractivity contribution >= 4 is 45.7 Å². The first kappa shape index (κ1) is 18.8. The molecule has 0 saturated heterocycles. The third-order valence-electron chi connectivity index (χ3n) is 4.26. The molecule has 1 aliphatic heterocycles. The van der Waals surface area contributed by atoms with Crippen LogP contribution in [-0.2, 0) is 20.8 Å².